The number of carbonyl (C=O) groups excluding carboxylic acids is 1. The number of nitrogens with one attached hydrogen (secondary N) is 1. The first-order valence-corrected chi connectivity index (χ1v) is 9.33. The van der Waals surface area contributed by atoms with Gasteiger partial charge in [-0.25, -0.2) is 0 Å². The lowest BCUT2D eigenvalue weighted by Gasteiger charge is -2.15. The fourth-order valence-electron chi connectivity index (χ4n) is 2.56. The smallest absolute Gasteiger partial charge is 0.261 e. The van der Waals surface area contributed by atoms with Gasteiger partial charge >= 0.3 is 0 Å². The minimum atomic E-state index is -0.558. The second kappa shape index (κ2) is 11.4. The van der Waals surface area contributed by atoms with E-state index < -0.39 is 6.10 Å². The Kier molecular flexibility index (Phi) is 8.81. The van der Waals surface area contributed by atoms with Crippen molar-refractivity contribution in [2.75, 3.05) is 19.8 Å². The third-order valence-electron chi connectivity index (χ3n) is 3.97. The lowest BCUT2D eigenvalue weighted by Crippen LogP contribution is -2.35. The highest BCUT2D eigenvalue weighted by Gasteiger charge is 2.14. The van der Waals surface area contributed by atoms with Crippen molar-refractivity contribution in [3.05, 3.63) is 65.2 Å². The number of hydrogen-bond acceptors (Lipinski definition) is 4. The quantitative estimate of drug-likeness (QED) is 0.613. The van der Waals surface area contributed by atoms with Crippen LogP contribution in [0.2, 0.25) is 0 Å². The van der Waals surface area contributed by atoms with Gasteiger partial charge in [-0.1, -0.05) is 36.4 Å². The van der Waals surface area contributed by atoms with E-state index in [0.29, 0.717) is 38.7 Å². The van der Waals surface area contributed by atoms with Gasteiger partial charge in [-0.3, -0.25) is 4.79 Å². The summed E-state index contributed by atoms with van der Waals surface area (Å²) in [5.74, 6) is 0.554. The molecule has 0 saturated heterocycles. The van der Waals surface area contributed by atoms with Crippen molar-refractivity contribution in [1.82, 2.24) is 5.32 Å². The lowest BCUT2D eigenvalue weighted by molar-refractivity contribution is -0.127. The molecule has 2 aromatic carbocycles. The van der Waals surface area contributed by atoms with Gasteiger partial charge in [0.05, 0.1) is 19.8 Å². The summed E-state index contributed by atoms with van der Waals surface area (Å²) in [6, 6.07) is 15.7. The van der Waals surface area contributed by atoms with Gasteiger partial charge in [0.25, 0.3) is 5.91 Å². The topological polar surface area (TPSA) is 56.8 Å². The lowest BCUT2D eigenvalue weighted by atomic mass is 10.1. The molecule has 2 aromatic rings. The molecule has 2 rings (SSSR count). The van der Waals surface area contributed by atoms with Crippen molar-refractivity contribution >= 4 is 5.91 Å². The summed E-state index contributed by atoms with van der Waals surface area (Å²) in [6.07, 6.45) is -0.558. The van der Waals surface area contributed by atoms with Gasteiger partial charge in [0.2, 0.25) is 0 Å². The Bertz CT molecular complexity index is 717. The predicted octanol–water partition coefficient (Wildman–Crippen LogP) is 3.63. The number of ether oxygens (including phenoxy) is 3. The average Bonchev–Trinajstić information content (AvgIpc) is 2.66. The van der Waals surface area contributed by atoms with E-state index in [0.717, 1.165) is 16.7 Å². The molecule has 146 valence electrons. The molecule has 1 atom stereocenters. The summed E-state index contributed by atoms with van der Waals surface area (Å²) in [4.78, 5) is 12.3. The Morgan fingerprint density at radius 3 is 2.56 bits per heavy atom. The Morgan fingerprint density at radius 1 is 1.04 bits per heavy atom. The number of rotatable bonds is 11. The van der Waals surface area contributed by atoms with Crippen molar-refractivity contribution in [3.63, 3.8) is 0 Å². The van der Waals surface area contributed by atoms with E-state index in [1.807, 2.05) is 62.4 Å². The van der Waals surface area contributed by atoms with Crippen LogP contribution in [0.5, 0.6) is 5.75 Å². The van der Waals surface area contributed by atoms with Crippen LogP contribution in [0.15, 0.2) is 48.5 Å². The molecule has 5 heteroatoms. The first-order valence-electron chi connectivity index (χ1n) is 9.33. The van der Waals surface area contributed by atoms with Crippen molar-refractivity contribution < 1.29 is 19.0 Å². The SMILES string of the molecule is CCOCCOCc1cccc(CNC(=O)C(C)Oc2cccc(C)c2)c1. The largest absolute Gasteiger partial charge is 0.481 e. The molecule has 0 heterocycles. The van der Waals surface area contributed by atoms with Gasteiger partial charge in [-0.15, -0.1) is 0 Å². The van der Waals surface area contributed by atoms with Gasteiger partial charge in [-0.05, 0) is 49.6 Å². The maximum atomic E-state index is 12.3. The van der Waals surface area contributed by atoms with E-state index in [2.05, 4.69) is 5.32 Å². The summed E-state index contributed by atoms with van der Waals surface area (Å²) < 4.78 is 16.5. The molecule has 1 amide bonds. The second-order valence-electron chi connectivity index (χ2n) is 6.36. The molecular formula is C22H29NO4. The molecule has 0 bridgehead atoms. The Balaban J connectivity index is 1.77. The Hall–Kier alpha value is -2.37. The number of amides is 1. The molecule has 0 aliphatic carbocycles. The Morgan fingerprint density at radius 2 is 1.78 bits per heavy atom. The minimum absolute atomic E-state index is 0.144. The molecule has 0 aromatic heterocycles. The molecule has 0 fully saturated rings. The molecule has 0 aliphatic rings. The van der Waals surface area contributed by atoms with Gasteiger partial charge < -0.3 is 19.5 Å². The summed E-state index contributed by atoms with van der Waals surface area (Å²) in [6.45, 7) is 8.56. The molecular weight excluding hydrogens is 342 g/mol. The van der Waals surface area contributed by atoms with Crippen LogP contribution in [0.1, 0.15) is 30.5 Å². The van der Waals surface area contributed by atoms with Crippen molar-refractivity contribution in [2.45, 2.75) is 40.0 Å². The summed E-state index contributed by atoms with van der Waals surface area (Å²) in [5, 5.41) is 2.92. The van der Waals surface area contributed by atoms with Crippen LogP contribution >= 0.6 is 0 Å². The molecule has 27 heavy (non-hydrogen) atoms. The first kappa shape index (κ1) is 20.9. The summed E-state index contributed by atoms with van der Waals surface area (Å²) >= 11 is 0. The van der Waals surface area contributed by atoms with Crippen molar-refractivity contribution in [2.24, 2.45) is 0 Å². The maximum Gasteiger partial charge on any atom is 0.261 e. The van der Waals surface area contributed by atoms with Gasteiger partial charge in [0.1, 0.15) is 5.75 Å². The number of hydrogen-bond donors (Lipinski definition) is 1. The van der Waals surface area contributed by atoms with Crippen LogP contribution < -0.4 is 10.1 Å². The highest BCUT2D eigenvalue weighted by molar-refractivity contribution is 5.80. The van der Waals surface area contributed by atoms with E-state index >= 15 is 0 Å². The number of benzene rings is 2. The standard InChI is InChI=1S/C22H29NO4/c1-4-25-11-12-26-16-20-9-6-8-19(14-20)15-23-22(24)18(3)27-21-10-5-7-17(2)13-21/h5-10,13-14,18H,4,11-12,15-16H2,1-3H3,(H,23,24). The van der Waals surface area contributed by atoms with E-state index in [1.54, 1.807) is 6.92 Å². The zero-order valence-electron chi connectivity index (χ0n) is 16.4. The highest BCUT2D eigenvalue weighted by atomic mass is 16.5. The van der Waals surface area contributed by atoms with Gasteiger partial charge in [-0.2, -0.15) is 0 Å². The van der Waals surface area contributed by atoms with Crippen LogP contribution in [-0.2, 0) is 27.4 Å². The van der Waals surface area contributed by atoms with Gasteiger partial charge in [0.15, 0.2) is 6.10 Å². The van der Waals surface area contributed by atoms with Crippen LogP contribution in [0.4, 0.5) is 0 Å². The van der Waals surface area contributed by atoms with Gasteiger partial charge in [0, 0.05) is 13.2 Å². The molecule has 1 unspecified atom stereocenters. The van der Waals surface area contributed by atoms with Crippen LogP contribution in [-0.4, -0.2) is 31.8 Å². The van der Waals surface area contributed by atoms with Crippen LogP contribution in [0.3, 0.4) is 0 Å². The van der Waals surface area contributed by atoms with Crippen LogP contribution in [0.25, 0.3) is 0 Å². The van der Waals surface area contributed by atoms with E-state index in [1.165, 1.54) is 0 Å². The van der Waals surface area contributed by atoms with Crippen molar-refractivity contribution in [3.8, 4) is 5.75 Å². The minimum Gasteiger partial charge on any atom is -0.481 e. The maximum absolute atomic E-state index is 12.3. The molecule has 1 N–H and O–H groups in total. The third kappa shape index (κ3) is 7.81. The molecule has 0 radical (unpaired) electrons. The number of carbonyl (C=O) groups is 1. The molecule has 0 spiro atoms. The first-order chi connectivity index (χ1) is 13.1. The monoisotopic (exact) mass is 371 g/mol. The summed E-state index contributed by atoms with van der Waals surface area (Å²) in [5.41, 5.74) is 3.19. The molecule has 0 aliphatic heterocycles. The predicted molar refractivity (Wildman–Crippen MR) is 106 cm³/mol. The zero-order chi connectivity index (χ0) is 19.5. The number of aryl methyl sites for hydroxylation is 1. The Labute approximate surface area is 161 Å². The zero-order valence-corrected chi connectivity index (χ0v) is 16.4. The fraction of sp³-hybridized carbons (Fsp3) is 0.409. The summed E-state index contributed by atoms with van der Waals surface area (Å²) in [7, 11) is 0. The van der Waals surface area contributed by atoms with Crippen molar-refractivity contribution in [1.29, 1.82) is 0 Å². The fourth-order valence-corrected chi connectivity index (χ4v) is 2.56. The van der Waals surface area contributed by atoms with E-state index in [-0.39, 0.29) is 5.91 Å². The molecule has 0 saturated carbocycles. The van der Waals surface area contributed by atoms with E-state index in [4.69, 9.17) is 14.2 Å². The van der Waals surface area contributed by atoms with Crippen LogP contribution in [0, 0.1) is 6.92 Å². The van der Waals surface area contributed by atoms with E-state index in [9.17, 15) is 4.79 Å². The molecule has 5 nitrogen and oxygen atoms in total. The normalized spacial score (nSPS) is 11.8. The highest BCUT2D eigenvalue weighted by Crippen LogP contribution is 2.14. The second-order valence-corrected chi connectivity index (χ2v) is 6.36. The third-order valence-corrected chi connectivity index (χ3v) is 3.97. The average molecular weight is 371 g/mol.